The lowest BCUT2D eigenvalue weighted by Crippen LogP contribution is -2.28. The fourth-order valence-corrected chi connectivity index (χ4v) is 4.89. The molecular formula is C35H41N5O5. The van der Waals surface area contributed by atoms with Gasteiger partial charge in [-0.25, -0.2) is 0 Å². The fourth-order valence-electron chi connectivity index (χ4n) is 4.89. The number of rotatable bonds is 12. The average molecular weight is 612 g/mol. The molecule has 45 heavy (non-hydrogen) atoms. The van der Waals surface area contributed by atoms with Gasteiger partial charge in [-0.1, -0.05) is 30.7 Å². The summed E-state index contributed by atoms with van der Waals surface area (Å²) in [6, 6.07) is 16.9. The van der Waals surface area contributed by atoms with Crippen molar-refractivity contribution in [2.75, 3.05) is 33.1 Å². The number of ether oxygens (including phenoxy) is 2. The Morgan fingerprint density at radius 3 is 2.33 bits per heavy atom. The van der Waals surface area contributed by atoms with Crippen molar-refractivity contribution in [3.63, 3.8) is 0 Å². The monoisotopic (exact) mass is 611 g/mol. The van der Waals surface area contributed by atoms with E-state index in [9.17, 15) is 14.4 Å². The number of methoxy groups -OCH3 is 1. The molecule has 0 atom stereocenters. The maximum absolute atomic E-state index is 13.1. The Kier molecular flexibility index (Phi) is 10.7. The normalized spacial score (nSPS) is 11.2. The topological polar surface area (TPSA) is 123 Å². The molecule has 0 saturated heterocycles. The number of hydrogen-bond donors (Lipinski definition) is 2. The SMILES string of the molecule is CNC(=O)c1cnc2cc(OC)c(-c3ccc(C(=O)N(C)CCCCCC(=O)OC(C)(C)C)nc3)cc2c1Nc1ccccc1. The van der Waals surface area contributed by atoms with Crippen LogP contribution in [-0.4, -0.2) is 66.0 Å². The zero-order valence-electron chi connectivity index (χ0n) is 26.8. The molecule has 0 fully saturated rings. The van der Waals surface area contributed by atoms with Crippen LogP contribution in [0.15, 0.2) is 67.0 Å². The lowest BCUT2D eigenvalue weighted by Gasteiger charge is -2.19. The number of pyridine rings is 2. The lowest BCUT2D eigenvalue weighted by atomic mass is 10.0. The molecule has 4 rings (SSSR count). The molecule has 0 radical (unpaired) electrons. The minimum Gasteiger partial charge on any atom is -0.496 e. The Labute approximate surface area is 264 Å². The second-order valence-electron chi connectivity index (χ2n) is 11.7. The van der Waals surface area contributed by atoms with Crippen molar-refractivity contribution in [1.29, 1.82) is 0 Å². The molecule has 0 unspecified atom stereocenters. The summed E-state index contributed by atoms with van der Waals surface area (Å²) in [6.07, 6.45) is 5.84. The van der Waals surface area contributed by atoms with Crippen LogP contribution in [0.2, 0.25) is 0 Å². The summed E-state index contributed by atoms with van der Waals surface area (Å²) in [4.78, 5) is 48.4. The van der Waals surface area contributed by atoms with Gasteiger partial charge in [-0.3, -0.25) is 24.4 Å². The van der Waals surface area contributed by atoms with E-state index in [4.69, 9.17) is 9.47 Å². The number of carbonyl (C=O) groups excluding carboxylic acids is 3. The number of hydrogen-bond acceptors (Lipinski definition) is 8. The van der Waals surface area contributed by atoms with E-state index in [0.717, 1.165) is 35.0 Å². The van der Waals surface area contributed by atoms with Gasteiger partial charge in [0, 0.05) is 67.7 Å². The predicted octanol–water partition coefficient (Wildman–Crippen LogP) is 6.38. The number of anilines is 2. The summed E-state index contributed by atoms with van der Waals surface area (Å²) >= 11 is 0. The smallest absolute Gasteiger partial charge is 0.306 e. The number of nitrogens with one attached hydrogen (secondary N) is 2. The fraction of sp³-hybridized carbons (Fsp3) is 0.343. The largest absolute Gasteiger partial charge is 0.496 e. The van der Waals surface area contributed by atoms with Crippen LogP contribution in [0.1, 0.15) is 67.3 Å². The average Bonchev–Trinajstić information content (AvgIpc) is 3.03. The molecule has 10 nitrogen and oxygen atoms in total. The minimum absolute atomic E-state index is 0.187. The van der Waals surface area contributed by atoms with E-state index in [-0.39, 0.29) is 17.8 Å². The standard InChI is InChI=1S/C35H41N5O5/c1-35(2,3)45-31(41)15-11-8-12-18-40(5)34(43)28-17-16-23(21-37-28)25-19-26-29(20-30(25)44-6)38-22-27(33(42)36-4)32(26)39-24-13-9-7-10-14-24/h7,9-10,13-14,16-17,19-22H,8,11-12,15,18H2,1-6H3,(H,36,42)(H,38,39). The molecule has 4 aromatic rings. The summed E-state index contributed by atoms with van der Waals surface area (Å²) < 4.78 is 11.1. The van der Waals surface area contributed by atoms with E-state index in [1.165, 1.54) is 0 Å². The molecule has 2 heterocycles. The van der Waals surface area contributed by atoms with Crippen molar-refractivity contribution in [3.05, 3.63) is 78.2 Å². The van der Waals surface area contributed by atoms with Crippen LogP contribution in [0, 0.1) is 0 Å². The summed E-state index contributed by atoms with van der Waals surface area (Å²) in [7, 11) is 4.91. The summed E-state index contributed by atoms with van der Waals surface area (Å²) in [6.45, 7) is 6.11. The Morgan fingerprint density at radius 1 is 0.933 bits per heavy atom. The number of benzene rings is 2. The second kappa shape index (κ2) is 14.7. The van der Waals surface area contributed by atoms with Crippen molar-refractivity contribution in [3.8, 4) is 16.9 Å². The molecule has 10 heteroatoms. The Morgan fingerprint density at radius 2 is 1.69 bits per heavy atom. The number of aromatic nitrogens is 2. The molecule has 0 bridgehead atoms. The van der Waals surface area contributed by atoms with E-state index in [1.54, 1.807) is 44.6 Å². The first kappa shape index (κ1) is 32.9. The van der Waals surface area contributed by atoms with Gasteiger partial charge in [0.2, 0.25) is 0 Å². The molecule has 0 saturated carbocycles. The van der Waals surface area contributed by atoms with Gasteiger partial charge in [0.25, 0.3) is 11.8 Å². The highest BCUT2D eigenvalue weighted by atomic mass is 16.6. The van der Waals surface area contributed by atoms with E-state index in [1.807, 2.05) is 69.3 Å². The third kappa shape index (κ3) is 8.56. The van der Waals surface area contributed by atoms with Crippen LogP contribution in [0.25, 0.3) is 22.0 Å². The maximum Gasteiger partial charge on any atom is 0.306 e. The third-order valence-electron chi connectivity index (χ3n) is 7.14. The van der Waals surface area contributed by atoms with Gasteiger partial charge < -0.3 is 25.0 Å². The van der Waals surface area contributed by atoms with Crippen LogP contribution in [0.5, 0.6) is 5.75 Å². The minimum atomic E-state index is -0.484. The molecule has 2 aromatic carbocycles. The Balaban J connectivity index is 1.52. The van der Waals surface area contributed by atoms with Crippen LogP contribution in [0.3, 0.4) is 0 Å². The van der Waals surface area contributed by atoms with E-state index < -0.39 is 5.60 Å². The van der Waals surface area contributed by atoms with Crippen molar-refractivity contribution < 1.29 is 23.9 Å². The lowest BCUT2D eigenvalue weighted by molar-refractivity contribution is -0.154. The van der Waals surface area contributed by atoms with Gasteiger partial charge in [0.05, 0.1) is 23.9 Å². The van der Waals surface area contributed by atoms with Gasteiger partial charge in [-0.05, 0) is 57.9 Å². The van der Waals surface area contributed by atoms with Crippen LogP contribution < -0.4 is 15.4 Å². The zero-order valence-corrected chi connectivity index (χ0v) is 26.8. The predicted molar refractivity (Wildman–Crippen MR) is 176 cm³/mol. The van der Waals surface area contributed by atoms with Gasteiger partial charge in [0.1, 0.15) is 17.0 Å². The molecule has 0 aliphatic heterocycles. The van der Waals surface area contributed by atoms with Crippen LogP contribution in [-0.2, 0) is 9.53 Å². The van der Waals surface area contributed by atoms with Crippen molar-refractivity contribution >= 4 is 40.1 Å². The van der Waals surface area contributed by atoms with Gasteiger partial charge >= 0.3 is 5.97 Å². The first-order chi connectivity index (χ1) is 21.5. The van der Waals surface area contributed by atoms with Gasteiger partial charge in [0.15, 0.2) is 0 Å². The molecule has 2 amide bonds. The molecule has 0 aliphatic rings. The van der Waals surface area contributed by atoms with Crippen molar-refractivity contribution in [1.82, 2.24) is 20.2 Å². The summed E-state index contributed by atoms with van der Waals surface area (Å²) in [5.74, 6) is -0.0753. The molecule has 2 aromatic heterocycles. The maximum atomic E-state index is 13.1. The summed E-state index contributed by atoms with van der Waals surface area (Å²) in [5, 5.41) is 6.81. The second-order valence-corrected chi connectivity index (χ2v) is 11.7. The molecular weight excluding hydrogens is 570 g/mol. The number of esters is 1. The molecule has 0 aliphatic carbocycles. The highest BCUT2D eigenvalue weighted by molar-refractivity contribution is 6.09. The molecule has 2 N–H and O–H groups in total. The Bertz CT molecular complexity index is 1650. The molecule has 0 spiro atoms. The highest BCUT2D eigenvalue weighted by Crippen LogP contribution is 2.38. The number of amides is 2. The molecule has 236 valence electrons. The van der Waals surface area contributed by atoms with Gasteiger partial charge in [-0.2, -0.15) is 0 Å². The number of para-hydroxylation sites is 1. The summed E-state index contributed by atoms with van der Waals surface area (Å²) in [5.41, 5.74) is 3.80. The first-order valence-electron chi connectivity index (χ1n) is 15.0. The van der Waals surface area contributed by atoms with Crippen LogP contribution >= 0.6 is 0 Å². The van der Waals surface area contributed by atoms with E-state index in [0.29, 0.717) is 47.6 Å². The number of unbranched alkanes of at least 4 members (excludes halogenated alkanes) is 2. The number of fused-ring (bicyclic) bond motifs is 1. The highest BCUT2D eigenvalue weighted by Gasteiger charge is 2.20. The number of nitrogens with zero attached hydrogens (tertiary/aromatic N) is 3. The first-order valence-corrected chi connectivity index (χ1v) is 15.0. The van der Waals surface area contributed by atoms with Crippen molar-refractivity contribution in [2.24, 2.45) is 0 Å². The Hall–Kier alpha value is -4.99. The quantitative estimate of drug-likeness (QED) is 0.140. The van der Waals surface area contributed by atoms with Crippen LogP contribution in [0.4, 0.5) is 11.4 Å². The van der Waals surface area contributed by atoms with Gasteiger partial charge in [-0.15, -0.1) is 0 Å². The van der Waals surface area contributed by atoms with Crippen molar-refractivity contribution in [2.45, 2.75) is 52.1 Å². The zero-order chi connectivity index (χ0) is 32.6. The van der Waals surface area contributed by atoms with E-state index in [2.05, 4.69) is 20.6 Å². The van der Waals surface area contributed by atoms with E-state index >= 15 is 0 Å². The number of carbonyl (C=O) groups is 3. The third-order valence-corrected chi connectivity index (χ3v) is 7.14.